The molecule has 1 aromatic carbocycles. The lowest BCUT2D eigenvalue weighted by molar-refractivity contribution is 0.00770. The van der Waals surface area contributed by atoms with Crippen LogP contribution in [0.15, 0.2) is 24.3 Å². The number of likely N-dealkylation sites (N-methyl/N-ethyl adjacent to an activating group) is 1. The van der Waals surface area contributed by atoms with E-state index in [1.807, 2.05) is 12.1 Å². The Hall–Kier alpha value is -1.26. The lowest BCUT2D eigenvalue weighted by Gasteiger charge is -2.49. The number of hydrogen-bond acceptors (Lipinski definition) is 4. The van der Waals surface area contributed by atoms with E-state index in [1.54, 1.807) is 14.2 Å². The Morgan fingerprint density at radius 3 is 2.50 bits per heavy atom. The predicted molar refractivity (Wildman–Crippen MR) is 82.4 cm³/mol. The van der Waals surface area contributed by atoms with Gasteiger partial charge in [-0.05, 0) is 37.1 Å². The van der Waals surface area contributed by atoms with Crippen molar-refractivity contribution >= 4 is 5.69 Å². The topological polar surface area (TPSA) is 47.7 Å². The molecule has 0 heterocycles. The maximum atomic E-state index is 6.15. The van der Waals surface area contributed by atoms with Gasteiger partial charge in [-0.1, -0.05) is 12.8 Å². The SMILES string of the molecule is COc1ccc(N(C)C2(CN)CCCCC2OC)cc1. The summed E-state index contributed by atoms with van der Waals surface area (Å²) in [6.45, 7) is 0.605. The zero-order chi connectivity index (χ0) is 14.6. The fourth-order valence-electron chi connectivity index (χ4n) is 3.34. The van der Waals surface area contributed by atoms with Crippen molar-refractivity contribution < 1.29 is 9.47 Å². The second-order valence-corrected chi connectivity index (χ2v) is 5.53. The number of nitrogens with zero attached hydrogens (tertiary/aromatic N) is 1. The number of hydrogen-bond donors (Lipinski definition) is 1. The van der Waals surface area contributed by atoms with E-state index in [1.165, 1.54) is 12.8 Å². The summed E-state index contributed by atoms with van der Waals surface area (Å²) in [4.78, 5) is 2.29. The Morgan fingerprint density at radius 1 is 1.25 bits per heavy atom. The van der Waals surface area contributed by atoms with Crippen LogP contribution in [0.4, 0.5) is 5.69 Å². The standard InChI is InChI=1S/C16H26N2O2/c1-18(13-7-9-14(19-2)10-8-13)16(12-17)11-5-4-6-15(16)20-3/h7-10,15H,4-6,11-12,17H2,1-3H3. The highest BCUT2D eigenvalue weighted by Gasteiger charge is 2.43. The molecule has 4 nitrogen and oxygen atoms in total. The minimum Gasteiger partial charge on any atom is -0.497 e. The molecule has 112 valence electrons. The van der Waals surface area contributed by atoms with E-state index >= 15 is 0 Å². The Bertz CT molecular complexity index is 421. The minimum absolute atomic E-state index is 0.110. The van der Waals surface area contributed by atoms with Gasteiger partial charge in [-0.2, -0.15) is 0 Å². The fraction of sp³-hybridized carbons (Fsp3) is 0.625. The minimum atomic E-state index is -0.110. The highest BCUT2D eigenvalue weighted by atomic mass is 16.5. The first kappa shape index (κ1) is 15.1. The normalized spacial score (nSPS) is 26.3. The highest BCUT2D eigenvalue weighted by Crippen LogP contribution is 2.37. The molecule has 0 bridgehead atoms. The molecule has 0 radical (unpaired) electrons. The third-order valence-electron chi connectivity index (χ3n) is 4.69. The summed E-state index contributed by atoms with van der Waals surface area (Å²) in [6, 6.07) is 8.14. The molecule has 1 saturated carbocycles. The smallest absolute Gasteiger partial charge is 0.119 e. The zero-order valence-electron chi connectivity index (χ0n) is 12.8. The van der Waals surface area contributed by atoms with Gasteiger partial charge < -0.3 is 20.1 Å². The number of ether oxygens (including phenoxy) is 2. The molecule has 0 amide bonds. The van der Waals surface area contributed by atoms with Crippen LogP contribution >= 0.6 is 0 Å². The average Bonchev–Trinajstić information content (AvgIpc) is 2.54. The van der Waals surface area contributed by atoms with Crippen molar-refractivity contribution in [3.05, 3.63) is 24.3 Å². The fourth-order valence-corrected chi connectivity index (χ4v) is 3.34. The molecular formula is C16H26N2O2. The van der Waals surface area contributed by atoms with Crippen LogP contribution in [-0.4, -0.2) is 39.5 Å². The van der Waals surface area contributed by atoms with Crippen molar-refractivity contribution in [1.82, 2.24) is 0 Å². The highest BCUT2D eigenvalue weighted by molar-refractivity contribution is 5.51. The van der Waals surface area contributed by atoms with Gasteiger partial charge in [0, 0.05) is 26.4 Å². The van der Waals surface area contributed by atoms with E-state index in [9.17, 15) is 0 Å². The van der Waals surface area contributed by atoms with Gasteiger partial charge in [0.05, 0.1) is 18.8 Å². The third-order valence-corrected chi connectivity index (χ3v) is 4.69. The molecule has 4 heteroatoms. The summed E-state index contributed by atoms with van der Waals surface area (Å²) >= 11 is 0. The van der Waals surface area contributed by atoms with E-state index in [0.717, 1.165) is 24.3 Å². The van der Waals surface area contributed by atoms with E-state index in [0.29, 0.717) is 6.54 Å². The van der Waals surface area contributed by atoms with E-state index in [2.05, 4.69) is 24.1 Å². The van der Waals surface area contributed by atoms with Gasteiger partial charge in [-0.25, -0.2) is 0 Å². The Labute approximate surface area is 121 Å². The molecular weight excluding hydrogens is 252 g/mol. The maximum absolute atomic E-state index is 6.15. The molecule has 2 atom stereocenters. The third kappa shape index (κ3) is 2.63. The van der Waals surface area contributed by atoms with Gasteiger partial charge in [0.2, 0.25) is 0 Å². The van der Waals surface area contributed by atoms with Gasteiger partial charge in [0.1, 0.15) is 5.75 Å². The van der Waals surface area contributed by atoms with Crippen LogP contribution in [0.3, 0.4) is 0 Å². The van der Waals surface area contributed by atoms with Crippen LogP contribution in [0.5, 0.6) is 5.75 Å². The molecule has 20 heavy (non-hydrogen) atoms. The van der Waals surface area contributed by atoms with Gasteiger partial charge in [0.15, 0.2) is 0 Å². The molecule has 0 spiro atoms. The van der Waals surface area contributed by atoms with Crippen molar-refractivity contribution in [2.75, 3.05) is 32.7 Å². The molecule has 0 aromatic heterocycles. The number of benzene rings is 1. The molecule has 0 aliphatic heterocycles. The Balaban J connectivity index is 2.28. The molecule has 2 unspecified atom stereocenters. The van der Waals surface area contributed by atoms with Crippen LogP contribution < -0.4 is 15.4 Å². The lowest BCUT2D eigenvalue weighted by atomic mass is 9.77. The monoisotopic (exact) mass is 278 g/mol. The summed E-state index contributed by atoms with van der Waals surface area (Å²) < 4.78 is 11.0. The number of methoxy groups -OCH3 is 2. The van der Waals surface area contributed by atoms with E-state index < -0.39 is 0 Å². The van der Waals surface area contributed by atoms with Crippen LogP contribution in [0.25, 0.3) is 0 Å². The van der Waals surface area contributed by atoms with E-state index in [-0.39, 0.29) is 11.6 Å². The van der Waals surface area contributed by atoms with Crippen LogP contribution in [-0.2, 0) is 4.74 Å². The van der Waals surface area contributed by atoms with Gasteiger partial charge >= 0.3 is 0 Å². The summed E-state index contributed by atoms with van der Waals surface area (Å²) in [5.74, 6) is 0.871. The van der Waals surface area contributed by atoms with Crippen molar-refractivity contribution in [3.63, 3.8) is 0 Å². The van der Waals surface area contributed by atoms with Crippen LogP contribution in [0.2, 0.25) is 0 Å². The summed E-state index contributed by atoms with van der Waals surface area (Å²) in [6.07, 6.45) is 4.76. The summed E-state index contributed by atoms with van der Waals surface area (Å²) in [7, 11) is 5.59. The van der Waals surface area contributed by atoms with Crippen molar-refractivity contribution in [1.29, 1.82) is 0 Å². The van der Waals surface area contributed by atoms with Crippen LogP contribution in [0.1, 0.15) is 25.7 Å². The van der Waals surface area contributed by atoms with Crippen molar-refractivity contribution in [2.45, 2.75) is 37.3 Å². The molecule has 2 N–H and O–H groups in total. The Morgan fingerprint density at radius 2 is 1.95 bits per heavy atom. The molecule has 1 aliphatic carbocycles. The lowest BCUT2D eigenvalue weighted by Crippen LogP contribution is -2.62. The number of nitrogens with two attached hydrogens (primary N) is 1. The maximum Gasteiger partial charge on any atom is 0.119 e. The van der Waals surface area contributed by atoms with Gasteiger partial charge in [-0.15, -0.1) is 0 Å². The average molecular weight is 278 g/mol. The molecule has 0 saturated heterocycles. The predicted octanol–water partition coefficient (Wildman–Crippen LogP) is 2.42. The largest absolute Gasteiger partial charge is 0.497 e. The molecule has 2 rings (SSSR count). The van der Waals surface area contributed by atoms with E-state index in [4.69, 9.17) is 15.2 Å². The first-order valence-electron chi connectivity index (χ1n) is 7.28. The first-order valence-corrected chi connectivity index (χ1v) is 7.28. The van der Waals surface area contributed by atoms with Gasteiger partial charge in [-0.3, -0.25) is 0 Å². The van der Waals surface area contributed by atoms with Crippen molar-refractivity contribution in [3.8, 4) is 5.75 Å². The Kier molecular flexibility index (Phi) is 4.89. The molecule has 1 aliphatic rings. The quantitative estimate of drug-likeness (QED) is 0.898. The molecule has 1 fully saturated rings. The molecule has 1 aromatic rings. The first-order chi connectivity index (χ1) is 9.67. The number of rotatable bonds is 5. The second-order valence-electron chi connectivity index (χ2n) is 5.53. The second kappa shape index (κ2) is 6.46. The summed E-state index contributed by atoms with van der Waals surface area (Å²) in [5, 5.41) is 0. The number of anilines is 1. The summed E-state index contributed by atoms with van der Waals surface area (Å²) in [5.41, 5.74) is 7.20. The van der Waals surface area contributed by atoms with Gasteiger partial charge in [0.25, 0.3) is 0 Å². The van der Waals surface area contributed by atoms with Crippen LogP contribution in [0, 0.1) is 0 Å². The zero-order valence-corrected chi connectivity index (χ0v) is 12.8. The van der Waals surface area contributed by atoms with Crippen molar-refractivity contribution in [2.24, 2.45) is 5.73 Å².